The van der Waals surface area contributed by atoms with Crippen molar-refractivity contribution >= 4 is 46.1 Å². The van der Waals surface area contributed by atoms with E-state index in [0.717, 1.165) is 11.3 Å². The van der Waals surface area contributed by atoms with Crippen LogP contribution in [-0.4, -0.2) is 24.6 Å². The highest BCUT2D eigenvalue weighted by molar-refractivity contribution is 7.12. The minimum absolute atomic E-state index is 0.287. The molecule has 0 aliphatic heterocycles. The number of anilines is 1. The summed E-state index contributed by atoms with van der Waals surface area (Å²) in [6, 6.07) is 9.43. The molecular formula is C15H10ClN3O3S. The van der Waals surface area contributed by atoms with Crippen molar-refractivity contribution in [3.05, 3.63) is 51.2 Å². The van der Waals surface area contributed by atoms with Crippen molar-refractivity contribution in [1.29, 1.82) is 5.26 Å². The number of benzene rings is 1. The molecular weight excluding hydrogens is 338 g/mol. The zero-order valence-electron chi connectivity index (χ0n) is 11.9. The molecule has 0 fully saturated rings. The first-order valence-corrected chi connectivity index (χ1v) is 7.52. The number of nitrogens with one attached hydrogen (secondary N) is 1. The molecule has 0 aliphatic carbocycles. The van der Waals surface area contributed by atoms with Gasteiger partial charge in [-0.1, -0.05) is 11.6 Å². The number of halogens is 1. The molecule has 0 spiro atoms. The van der Waals surface area contributed by atoms with Crippen LogP contribution in [0.3, 0.4) is 0 Å². The average Bonchev–Trinajstić information content (AvgIpc) is 3.03. The predicted octanol–water partition coefficient (Wildman–Crippen LogP) is 3.36. The Morgan fingerprint density at radius 2 is 2.00 bits per heavy atom. The van der Waals surface area contributed by atoms with E-state index >= 15 is 0 Å². The van der Waals surface area contributed by atoms with Gasteiger partial charge in [-0.25, -0.2) is 4.79 Å². The number of methoxy groups -OCH3 is 1. The lowest BCUT2D eigenvalue weighted by atomic mass is 10.1. The van der Waals surface area contributed by atoms with Crippen molar-refractivity contribution in [2.45, 2.75) is 0 Å². The normalized spacial score (nSPS) is 10.7. The summed E-state index contributed by atoms with van der Waals surface area (Å²) in [5, 5.41) is 15.0. The fourth-order valence-corrected chi connectivity index (χ4v) is 2.52. The van der Waals surface area contributed by atoms with E-state index in [-0.39, 0.29) is 11.3 Å². The van der Waals surface area contributed by atoms with Crippen LogP contribution in [-0.2, 0) is 4.74 Å². The third-order valence-electron chi connectivity index (χ3n) is 2.75. The summed E-state index contributed by atoms with van der Waals surface area (Å²) in [4.78, 5) is 24.0. The van der Waals surface area contributed by atoms with Crippen molar-refractivity contribution in [2.24, 2.45) is 5.10 Å². The van der Waals surface area contributed by atoms with Gasteiger partial charge in [0.2, 0.25) is 11.5 Å². The number of carbonyl (C=O) groups is 2. The van der Waals surface area contributed by atoms with E-state index in [4.69, 9.17) is 16.9 Å². The highest BCUT2D eigenvalue weighted by Crippen LogP contribution is 2.23. The van der Waals surface area contributed by atoms with Gasteiger partial charge in [0.25, 0.3) is 0 Å². The van der Waals surface area contributed by atoms with Crippen LogP contribution in [0.25, 0.3) is 0 Å². The number of hydrazone groups is 1. The zero-order chi connectivity index (χ0) is 16.8. The van der Waals surface area contributed by atoms with E-state index in [9.17, 15) is 9.59 Å². The number of Topliss-reactive ketones (excluding diaryl/α,β-unsaturated/α-hetero) is 1. The van der Waals surface area contributed by atoms with Gasteiger partial charge >= 0.3 is 5.97 Å². The van der Waals surface area contributed by atoms with E-state index in [1.807, 2.05) is 0 Å². The molecule has 23 heavy (non-hydrogen) atoms. The number of hydrogen-bond donors (Lipinski definition) is 1. The van der Waals surface area contributed by atoms with E-state index in [1.165, 1.54) is 19.2 Å². The number of thiophene rings is 1. The molecule has 1 heterocycles. The molecule has 0 atom stereocenters. The van der Waals surface area contributed by atoms with Gasteiger partial charge in [0.15, 0.2) is 0 Å². The highest BCUT2D eigenvalue weighted by Gasteiger charge is 2.16. The molecule has 0 unspecified atom stereocenters. The number of rotatable bonds is 5. The maximum atomic E-state index is 12.2. The number of carbonyl (C=O) groups excluding carboxylic acids is 2. The Balaban J connectivity index is 2.21. The summed E-state index contributed by atoms with van der Waals surface area (Å²) < 4.78 is 4.63. The molecule has 0 bridgehead atoms. The fraction of sp³-hybridized carbons (Fsp3) is 0.0667. The number of ether oxygens (including phenoxy) is 1. The lowest BCUT2D eigenvalue weighted by molar-refractivity contribution is 0.0607. The molecule has 116 valence electrons. The molecule has 1 aromatic carbocycles. The largest absolute Gasteiger partial charge is 0.465 e. The third-order valence-corrected chi connectivity index (χ3v) is 3.90. The second-order valence-corrected chi connectivity index (χ2v) is 5.53. The number of esters is 1. The Hall–Kier alpha value is -2.69. The van der Waals surface area contributed by atoms with Gasteiger partial charge in [0.05, 0.1) is 12.8 Å². The standard InChI is InChI=1S/C15H10ClN3O3S/c1-22-15(21)14-11(6-7-23-14)18-19-12(8-17)13(20)9-2-4-10(16)5-3-9/h2-7,18H,1H3/b19-12+. The van der Waals surface area contributed by atoms with Crippen LogP contribution in [0.2, 0.25) is 5.02 Å². The monoisotopic (exact) mass is 347 g/mol. The van der Waals surface area contributed by atoms with Gasteiger partial charge in [-0.15, -0.1) is 11.3 Å². The molecule has 0 radical (unpaired) electrons. The topological polar surface area (TPSA) is 91.5 Å². The van der Waals surface area contributed by atoms with Crippen LogP contribution in [0.1, 0.15) is 20.0 Å². The third kappa shape index (κ3) is 3.94. The Labute approximate surface area is 141 Å². The zero-order valence-corrected chi connectivity index (χ0v) is 13.4. The second kappa shape index (κ2) is 7.54. The van der Waals surface area contributed by atoms with Crippen LogP contribution < -0.4 is 5.43 Å². The maximum absolute atomic E-state index is 12.2. The Bertz CT molecular complexity index is 806. The van der Waals surface area contributed by atoms with Gasteiger partial charge < -0.3 is 4.74 Å². The molecule has 6 nitrogen and oxygen atoms in total. The number of ketones is 1. The van der Waals surface area contributed by atoms with Crippen molar-refractivity contribution in [3.8, 4) is 6.07 Å². The number of hydrogen-bond acceptors (Lipinski definition) is 7. The molecule has 2 aromatic rings. The van der Waals surface area contributed by atoms with Crippen LogP contribution in [0.15, 0.2) is 40.8 Å². The summed E-state index contributed by atoms with van der Waals surface area (Å²) in [7, 11) is 1.26. The molecule has 0 saturated carbocycles. The maximum Gasteiger partial charge on any atom is 0.350 e. The molecule has 0 saturated heterocycles. The van der Waals surface area contributed by atoms with Crippen LogP contribution in [0.5, 0.6) is 0 Å². The summed E-state index contributed by atoms with van der Waals surface area (Å²) >= 11 is 6.92. The quantitative estimate of drug-likeness (QED) is 0.387. The highest BCUT2D eigenvalue weighted by atomic mass is 35.5. The smallest absolute Gasteiger partial charge is 0.350 e. The first kappa shape index (κ1) is 16.7. The minimum atomic E-state index is -0.550. The summed E-state index contributed by atoms with van der Waals surface area (Å²) in [5.41, 5.74) is 2.86. The molecule has 1 N–H and O–H groups in total. The first-order chi connectivity index (χ1) is 11.1. The van der Waals surface area contributed by atoms with E-state index in [1.54, 1.807) is 29.6 Å². The lowest BCUT2D eigenvalue weighted by Gasteiger charge is -2.02. The van der Waals surface area contributed by atoms with Gasteiger partial charge in [-0.3, -0.25) is 10.2 Å². The van der Waals surface area contributed by atoms with Crippen LogP contribution >= 0.6 is 22.9 Å². The molecule has 0 aliphatic rings. The SMILES string of the molecule is COC(=O)c1sccc1N/N=C(\C#N)C(=O)c1ccc(Cl)cc1. The molecule has 1 aromatic heterocycles. The second-order valence-electron chi connectivity index (χ2n) is 4.18. The van der Waals surface area contributed by atoms with Crippen molar-refractivity contribution in [2.75, 3.05) is 12.5 Å². The summed E-state index contributed by atoms with van der Waals surface area (Å²) in [5.74, 6) is -1.08. The predicted molar refractivity (Wildman–Crippen MR) is 88.1 cm³/mol. The number of nitrogens with zero attached hydrogens (tertiary/aromatic N) is 2. The van der Waals surface area contributed by atoms with E-state index in [0.29, 0.717) is 15.6 Å². The van der Waals surface area contributed by atoms with Gasteiger partial charge in [0, 0.05) is 10.6 Å². The Kier molecular flexibility index (Phi) is 5.46. The number of nitriles is 1. The van der Waals surface area contributed by atoms with E-state index in [2.05, 4.69) is 15.3 Å². The molecule has 8 heteroatoms. The van der Waals surface area contributed by atoms with Gasteiger partial charge in [-0.2, -0.15) is 10.4 Å². The molecule has 2 rings (SSSR count). The van der Waals surface area contributed by atoms with Crippen molar-refractivity contribution in [1.82, 2.24) is 0 Å². The van der Waals surface area contributed by atoms with E-state index < -0.39 is 11.8 Å². The Morgan fingerprint density at radius 1 is 1.30 bits per heavy atom. The summed E-state index contributed by atoms with van der Waals surface area (Å²) in [6.45, 7) is 0. The van der Waals surface area contributed by atoms with Gasteiger partial charge in [-0.05, 0) is 35.7 Å². The van der Waals surface area contributed by atoms with Crippen molar-refractivity contribution in [3.63, 3.8) is 0 Å². The average molecular weight is 348 g/mol. The first-order valence-electron chi connectivity index (χ1n) is 6.26. The van der Waals surface area contributed by atoms with Crippen LogP contribution in [0, 0.1) is 11.3 Å². The summed E-state index contributed by atoms with van der Waals surface area (Å²) in [6.07, 6.45) is 0. The lowest BCUT2D eigenvalue weighted by Crippen LogP contribution is -2.14. The minimum Gasteiger partial charge on any atom is -0.465 e. The van der Waals surface area contributed by atoms with Crippen LogP contribution in [0.4, 0.5) is 5.69 Å². The molecule has 0 amide bonds. The van der Waals surface area contributed by atoms with Crippen molar-refractivity contribution < 1.29 is 14.3 Å². The Morgan fingerprint density at radius 3 is 2.61 bits per heavy atom. The van der Waals surface area contributed by atoms with Gasteiger partial charge in [0.1, 0.15) is 10.9 Å². The fourth-order valence-electron chi connectivity index (χ4n) is 1.63.